The second-order valence-electron chi connectivity index (χ2n) is 6.93. The molecular weight excluding hydrogens is 326 g/mol. The first-order valence-electron chi connectivity index (χ1n) is 7.43. The number of carboxylic acids is 1. The summed E-state index contributed by atoms with van der Waals surface area (Å²) < 4.78 is 4.98. The van der Waals surface area contributed by atoms with E-state index >= 15 is 0 Å². The number of hydrogen-bond donors (Lipinski definition) is 7. The third-order valence-corrected chi connectivity index (χ3v) is 3.82. The van der Waals surface area contributed by atoms with Crippen molar-refractivity contribution in [3.63, 3.8) is 0 Å². The van der Waals surface area contributed by atoms with Gasteiger partial charge in [-0.15, -0.1) is 0 Å². The number of aliphatic hydroxyl groups excluding tert-OH is 4. The normalized spacial score (nSPS) is 33.6. The maximum absolute atomic E-state index is 12.1. The fourth-order valence-corrected chi connectivity index (χ4v) is 2.27. The van der Waals surface area contributed by atoms with E-state index in [-0.39, 0.29) is 0 Å². The summed E-state index contributed by atoms with van der Waals surface area (Å²) in [6, 6.07) is -1.30. The van der Waals surface area contributed by atoms with E-state index in [1.165, 1.54) is 0 Å². The molecule has 0 aromatic rings. The van der Waals surface area contributed by atoms with Gasteiger partial charge in [0.2, 0.25) is 5.91 Å². The zero-order chi connectivity index (χ0) is 18.9. The van der Waals surface area contributed by atoms with Gasteiger partial charge in [0.05, 0.1) is 18.8 Å². The standard InChI is InChI=1S/C14H25NO9/c1-13(2,3)11(20)15-8-6(17)4-14(23,12(21)22)24-10(8)9(19)7(18)5-16/h6-10,16-19,23H,4-5H2,1-3H3,(H,15,20)(H,21,22)/t6-,7+,8+,9+,10+,14-/m0/s1. The molecule has 7 N–H and O–H groups in total. The zero-order valence-electron chi connectivity index (χ0n) is 13.7. The molecule has 1 saturated heterocycles. The first kappa shape index (κ1) is 20.7. The van der Waals surface area contributed by atoms with Gasteiger partial charge in [0.25, 0.3) is 5.79 Å². The number of carboxylic acid groups (broad SMARTS) is 1. The lowest BCUT2D eigenvalue weighted by Gasteiger charge is -2.45. The van der Waals surface area contributed by atoms with E-state index < -0.39 is 66.6 Å². The molecule has 1 aliphatic heterocycles. The molecule has 6 atom stereocenters. The highest BCUT2D eigenvalue weighted by Gasteiger charge is 2.54. The molecule has 10 heteroatoms. The number of aliphatic hydroxyl groups is 5. The van der Waals surface area contributed by atoms with Crippen LogP contribution in [0.1, 0.15) is 27.2 Å². The lowest BCUT2D eigenvalue weighted by Crippen LogP contribution is -2.68. The van der Waals surface area contributed by atoms with Crippen molar-refractivity contribution in [2.75, 3.05) is 6.61 Å². The van der Waals surface area contributed by atoms with Crippen molar-refractivity contribution in [2.24, 2.45) is 5.41 Å². The summed E-state index contributed by atoms with van der Waals surface area (Å²) in [5, 5.41) is 60.2. The second-order valence-corrected chi connectivity index (χ2v) is 6.93. The summed E-state index contributed by atoms with van der Waals surface area (Å²) in [5.41, 5.74) is -0.856. The van der Waals surface area contributed by atoms with Gasteiger partial charge in [-0.1, -0.05) is 20.8 Å². The molecular formula is C14H25NO9. The van der Waals surface area contributed by atoms with E-state index in [0.717, 1.165) is 0 Å². The molecule has 0 aliphatic carbocycles. The van der Waals surface area contributed by atoms with Gasteiger partial charge in [0.15, 0.2) is 0 Å². The fraction of sp³-hybridized carbons (Fsp3) is 0.857. The van der Waals surface area contributed by atoms with E-state index in [9.17, 15) is 30.0 Å². The topological polar surface area (TPSA) is 177 Å². The van der Waals surface area contributed by atoms with Crippen molar-refractivity contribution in [1.29, 1.82) is 0 Å². The third-order valence-electron chi connectivity index (χ3n) is 3.82. The van der Waals surface area contributed by atoms with Gasteiger partial charge < -0.3 is 40.7 Å². The van der Waals surface area contributed by atoms with Crippen LogP contribution in [0, 0.1) is 5.41 Å². The Hall–Kier alpha value is -1.30. The lowest BCUT2D eigenvalue weighted by molar-refractivity contribution is -0.295. The molecule has 10 nitrogen and oxygen atoms in total. The Morgan fingerprint density at radius 1 is 1.33 bits per heavy atom. The molecule has 0 bridgehead atoms. The summed E-state index contributed by atoms with van der Waals surface area (Å²) in [5.74, 6) is -5.12. The van der Waals surface area contributed by atoms with Crippen molar-refractivity contribution in [1.82, 2.24) is 5.32 Å². The third kappa shape index (κ3) is 4.41. The van der Waals surface area contributed by atoms with Gasteiger partial charge in [-0.3, -0.25) is 4.79 Å². The minimum Gasteiger partial charge on any atom is -0.477 e. The van der Waals surface area contributed by atoms with Crippen molar-refractivity contribution < 1.29 is 45.0 Å². The summed E-state index contributed by atoms with van der Waals surface area (Å²) >= 11 is 0. The van der Waals surface area contributed by atoms with Crippen molar-refractivity contribution in [2.45, 2.75) is 63.4 Å². The molecule has 140 valence electrons. The van der Waals surface area contributed by atoms with Crippen LogP contribution in [0.5, 0.6) is 0 Å². The largest absolute Gasteiger partial charge is 0.477 e. The van der Waals surface area contributed by atoms with Crippen LogP contribution in [0.2, 0.25) is 0 Å². The Morgan fingerprint density at radius 2 is 1.88 bits per heavy atom. The Morgan fingerprint density at radius 3 is 2.29 bits per heavy atom. The van der Waals surface area contributed by atoms with Crippen LogP contribution >= 0.6 is 0 Å². The Labute approximate surface area is 138 Å². The monoisotopic (exact) mass is 351 g/mol. The lowest BCUT2D eigenvalue weighted by atomic mass is 9.87. The van der Waals surface area contributed by atoms with Crippen LogP contribution in [0.3, 0.4) is 0 Å². The molecule has 0 spiro atoms. The van der Waals surface area contributed by atoms with Gasteiger partial charge in [0.1, 0.15) is 18.3 Å². The Kier molecular flexibility index (Phi) is 6.31. The van der Waals surface area contributed by atoms with Gasteiger partial charge in [0, 0.05) is 11.8 Å². The van der Waals surface area contributed by atoms with Crippen LogP contribution in [0.25, 0.3) is 0 Å². The molecule has 0 saturated carbocycles. The van der Waals surface area contributed by atoms with E-state index in [1.54, 1.807) is 20.8 Å². The van der Waals surface area contributed by atoms with Crippen molar-refractivity contribution in [3.8, 4) is 0 Å². The molecule has 0 aromatic carbocycles. The number of carbonyl (C=O) groups excluding carboxylic acids is 1. The van der Waals surface area contributed by atoms with E-state index in [1.807, 2.05) is 0 Å². The molecule has 0 aromatic heterocycles. The first-order chi connectivity index (χ1) is 10.8. The average Bonchev–Trinajstić information content (AvgIpc) is 2.46. The van der Waals surface area contributed by atoms with Crippen LogP contribution in [-0.4, -0.2) is 85.4 Å². The van der Waals surface area contributed by atoms with Crippen molar-refractivity contribution >= 4 is 11.9 Å². The number of nitrogens with one attached hydrogen (secondary N) is 1. The number of amides is 1. The van der Waals surface area contributed by atoms with Crippen molar-refractivity contribution in [3.05, 3.63) is 0 Å². The highest BCUT2D eigenvalue weighted by atomic mass is 16.7. The predicted octanol–water partition coefficient (Wildman–Crippen LogP) is -2.85. The van der Waals surface area contributed by atoms with E-state index in [0.29, 0.717) is 0 Å². The summed E-state index contributed by atoms with van der Waals surface area (Å²) in [4.78, 5) is 23.3. The minimum atomic E-state index is -2.80. The van der Waals surface area contributed by atoms with Crippen LogP contribution < -0.4 is 5.32 Å². The van der Waals surface area contributed by atoms with Gasteiger partial charge in [-0.05, 0) is 0 Å². The molecule has 1 aliphatic rings. The Balaban J connectivity index is 3.13. The molecule has 1 amide bonds. The maximum atomic E-state index is 12.1. The van der Waals surface area contributed by atoms with E-state index in [4.69, 9.17) is 14.9 Å². The smallest absolute Gasteiger partial charge is 0.364 e. The predicted molar refractivity (Wildman–Crippen MR) is 78.6 cm³/mol. The van der Waals surface area contributed by atoms with Gasteiger partial charge >= 0.3 is 5.97 Å². The SMILES string of the molecule is CC(C)(C)C(=O)N[C@H]1[C@H]([C@H](O)[C@H](O)CO)O[C@](O)(C(=O)O)C[C@@H]1O. The summed E-state index contributed by atoms with van der Waals surface area (Å²) in [6.07, 6.45) is -7.58. The number of carbonyl (C=O) groups is 2. The van der Waals surface area contributed by atoms with Crippen LogP contribution in [0.15, 0.2) is 0 Å². The summed E-state index contributed by atoms with van der Waals surface area (Å²) in [6.45, 7) is 3.92. The first-order valence-corrected chi connectivity index (χ1v) is 7.43. The minimum absolute atomic E-state index is 0.522. The zero-order valence-corrected chi connectivity index (χ0v) is 13.7. The molecule has 1 heterocycles. The molecule has 0 radical (unpaired) electrons. The van der Waals surface area contributed by atoms with Gasteiger partial charge in [-0.25, -0.2) is 4.79 Å². The second kappa shape index (κ2) is 7.30. The maximum Gasteiger partial charge on any atom is 0.364 e. The highest BCUT2D eigenvalue weighted by molar-refractivity contribution is 5.82. The number of aliphatic carboxylic acids is 1. The van der Waals surface area contributed by atoms with Crippen LogP contribution in [0.4, 0.5) is 0 Å². The Bertz CT molecular complexity index is 477. The molecule has 1 fully saturated rings. The van der Waals surface area contributed by atoms with Crippen LogP contribution in [-0.2, 0) is 14.3 Å². The molecule has 24 heavy (non-hydrogen) atoms. The number of hydrogen-bond acceptors (Lipinski definition) is 8. The molecule has 1 rings (SSSR count). The average molecular weight is 351 g/mol. The molecule has 0 unspecified atom stereocenters. The van der Waals surface area contributed by atoms with Gasteiger partial charge in [-0.2, -0.15) is 0 Å². The van der Waals surface area contributed by atoms with E-state index in [2.05, 4.69) is 5.32 Å². The summed E-state index contributed by atoms with van der Waals surface area (Å²) in [7, 11) is 0. The quantitative estimate of drug-likeness (QED) is 0.275. The highest BCUT2D eigenvalue weighted by Crippen LogP contribution is 2.31. The fourth-order valence-electron chi connectivity index (χ4n) is 2.27. The number of ether oxygens (including phenoxy) is 1. The number of rotatable bonds is 5.